The predicted molar refractivity (Wildman–Crippen MR) is 241 cm³/mol. The first kappa shape index (κ1) is 32.3. The van der Waals surface area contributed by atoms with Crippen LogP contribution in [0.5, 0.6) is 0 Å². The van der Waals surface area contributed by atoms with Crippen molar-refractivity contribution in [2.24, 2.45) is 0 Å². The van der Waals surface area contributed by atoms with Crippen LogP contribution in [0.15, 0.2) is 194 Å². The largest absolute Gasteiger partial charge is 0.351 e. The summed E-state index contributed by atoms with van der Waals surface area (Å²) < 4.78 is 6.17. The fourth-order valence-corrected chi connectivity index (χ4v) is 10.4. The molecule has 0 saturated carbocycles. The summed E-state index contributed by atoms with van der Waals surface area (Å²) in [5.41, 5.74) is 13.2. The number of hydrogen-bond acceptors (Lipinski definition) is 3. The highest BCUT2D eigenvalue weighted by Gasteiger charge is 2.32. The Morgan fingerprint density at radius 2 is 1.00 bits per heavy atom. The van der Waals surface area contributed by atoms with Gasteiger partial charge >= 0.3 is 0 Å². The van der Waals surface area contributed by atoms with Crippen molar-refractivity contribution in [3.8, 4) is 27.9 Å². The molecule has 0 fully saturated rings. The van der Waals surface area contributed by atoms with E-state index in [4.69, 9.17) is 0 Å². The Kier molecular flexibility index (Phi) is 7.27. The van der Waals surface area contributed by atoms with Crippen LogP contribution in [0.2, 0.25) is 0 Å². The van der Waals surface area contributed by atoms with Gasteiger partial charge in [-0.05, 0) is 76.3 Å². The Morgan fingerprint density at radius 1 is 0.421 bits per heavy atom. The van der Waals surface area contributed by atoms with Gasteiger partial charge in [0.15, 0.2) is 6.29 Å². The van der Waals surface area contributed by atoms with Gasteiger partial charge in [0.2, 0.25) is 0 Å². The fraction of sp³-hybridized carbons (Fsp3) is 0.0385. The molecule has 1 aliphatic heterocycles. The summed E-state index contributed by atoms with van der Waals surface area (Å²) in [6, 6.07) is 70.8. The van der Waals surface area contributed by atoms with Crippen molar-refractivity contribution >= 4 is 70.7 Å². The number of hydrogen-bond donors (Lipinski definition) is 2. The van der Waals surface area contributed by atoms with Crippen molar-refractivity contribution in [1.29, 1.82) is 0 Å². The standard InChI is InChI=1S/C52H36N4S/c1-3-13-33(14-4-1)34-23-27-38(28-24-34)55-44-20-10-8-18-40(44)43-31-36(26-30-46(43)55)37-25-29-41-39-17-7-11-21-45(39)56(47(41)32-37)52-53-49(35-15-5-2-6-16-35)51-50(54-52)42-19-9-12-22-48(42)57-51/h1-32,49,52-54H. The van der Waals surface area contributed by atoms with Crippen LogP contribution >= 0.6 is 11.3 Å². The maximum absolute atomic E-state index is 4.07. The molecule has 4 heterocycles. The van der Waals surface area contributed by atoms with Crippen LogP contribution in [0.4, 0.5) is 5.69 Å². The van der Waals surface area contributed by atoms with Gasteiger partial charge in [-0.25, -0.2) is 0 Å². The number of fused-ring (bicyclic) bond motifs is 9. The minimum absolute atomic E-state index is 0.0403. The minimum Gasteiger partial charge on any atom is -0.351 e. The van der Waals surface area contributed by atoms with E-state index in [0.717, 1.165) is 5.69 Å². The maximum atomic E-state index is 4.07. The van der Waals surface area contributed by atoms with Crippen LogP contribution in [0.25, 0.3) is 81.6 Å². The first-order chi connectivity index (χ1) is 28.3. The van der Waals surface area contributed by atoms with Crippen LogP contribution in [0.3, 0.4) is 0 Å². The summed E-state index contributed by atoms with van der Waals surface area (Å²) in [6.45, 7) is 0. The van der Waals surface area contributed by atoms with E-state index < -0.39 is 0 Å². The van der Waals surface area contributed by atoms with Gasteiger partial charge in [0, 0.05) is 37.3 Å². The number of aromatic nitrogens is 2. The van der Waals surface area contributed by atoms with E-state index in [1.165, 1.54) is 92.1 Å². The normalized spacial score (nSPS) is 15.4. The highest BCUT2D eigenvalue weighted by molar-refractivity contribution is 7.20. The summed E-state index contributed by atoms with van der Waals surface area (Å²) in [6.07, 6.45) is -0.188. The van der Waals surface area contributed by atoms with Crippen LogP contribution < -0.4 is 10.6 Å². The van der Waals surface area contributed by atoms with E-state index in [1.54, 1.807) is 0 Å². The average Bonchev–Trinajstić information content (AvgIpc) is 3.94. The molecule has 0 radical (unpaired) electrons. The second-order valence-corrected chi connectivity index (χ2v) is 16.1. The summed E-state index contributed by atoms with van der Waals surface area (Å²) in [4.78, 5) is 1.32. The molecular weight excluding hydrogens is 713 g/mol. The SMILES string of the molecule is c1ccc(-c2ccc(-n3c4ccccc4c4cc(-c5ccc6c7ccccc7n(C7Nc8c(sc9ccccc89)C(c8ccccc8)N7)c6c5)ccc43)cc2)cc1. The Morgan fingerprint density at radius 3 is 1.81 bits per heavy atom. The monoisotopic (exact) mass is 748 g/mol. The van der Waals surface area contributed by atoms with Gasteiger partial charge < -0.3 is 14.5 Å². The molecule has 1 aliphatic rings. The zero-order valence-electron chi connectivity index (χ0n) is 30.9. The lowest BCUT2D eigenvalue weighted by atomic mass is 10.0. The van der Waals surface area contributed by atoms with E-state index in [1.807, 2.05) is 11.3 Å². The molecule has 5 heteroatoms. The number of benzene rings is 8. The maximum Gasteiger partial charge on any atom is 0.160 e. The minimum atomic E-state index is -0.188. The zero-order valence-corrected chi connectivity index (χ0v) is 31.7. The number of anilines is 1. The molecule has 0 aliphatic carbocycles. The van der Waals surface area contributed by atoms with Crippen LogP contribution in [0, 0.1) is 0 Å². The van der Waals surface area contributed by atoms with Crippen LogP contribution in [0.1, 0.15) is 22.8 Å². The number of nitrogens with zero attached hydrogens (tertiary/aromatic N) is 2. The Bertz CT molecular complexity index is 3300. The van der Waals surface area contributed by atoms with Gasteiger partial charge in [-0.2, -0.15) is 0 Å². The van der Waals surface area contributed by atoms with Crippen LogP contribution in [-0.4, -0.2) is 9.13 Å². The van der Waals surface area contributed by atoms with E-state index in [0.29, 0.717) is 0 Å². The molecule has 0 saturated heterocycles. The Hall–Kier alpha value is -6.92. The van der Waals surface area contributed by atoms with Gasteiger partial charge in [-0.15, -0.1) is 11.3 Å². The fourth-order valence-electron chi connectivity index (χ4n) is 9.18. The molecular formula is C52H36N4S. The molecule has 2 unspecified atom stereocenters. The molecule has 3 aromatic heterocycles. The molecule has 4 nitrogen and oxygen atoms in total. The van der Waals surface area contributed by atoms with Gasteiger partial charge in [0.1, 0.15) is 0 Å². The predicted octanol–water partition coefficient (Wildman–Crippen LogP) is 13.7. The summed E-state index contributed by atoms with van der Waals surface area (Å²) in [7, 11) is 0. The lowest BCUT2D eigenvalue weighted by Gasteiger charge is -2.35. The second kappa shape index (κ2) is 12.8. The summed E-state index contributed by atoms with van der Waals surface area (Å²) >= 11 is 1.87. The smallest absolute Gasteiger partial charge is 0.160 e. The first-order valence-electron chi connectivity index (χ1n) is 19.6. The number of rotatable bonds is 5. The molecule has 2 N–H and O–H groups in total. The molecule has 270 valence electrons. The third-order valence-corrected chi connectivity index (χ3v) is 13.1. The first-order valence-corrected chi connectivity index (χ1v) is 20.4. The van der Waals surface area contributed by atoms with Crippen molar-refractivity contribution in [3.63, 3.8) is 0 Å². The van der Waals surface area contributed by atoms with Crippen molar-refractivity contribution in [3.05, 3.63) is 205 Å². The molecule has 0 spiro atoms. The highest BCUT2D eigenvalue weighted by Crippen LogP contribution is 2.47. The third kappa shape index (κ3) is 5.10. The molecule has 11 aromatic rings. The lowest BCUT2D eigenvalue weighted by molar-refractivity contribution is 0.422. The Labute approximate surface area is 333 Å². The van der Waals surface area contributed by atoms with Gasteiger partial charge in [0.25, 0.3) is 0 Å². The summed E-state index contributed by atoms with van der Waals surface area (Å²) in [5.74, 6) is 0. The van der Waals surface area contributed by atoms with Crippen molar-refractivity contribution < 1.29 is 0 Å². The lowest BCUT2D eigenvalue weighted by Crippen LogP contribution is -2.39. The van der Waals surface area contributed by atoms with E-state index >= 15 is 0 Å². The van der Waals surface area contributed by atoms with Crippen molar-refractivity contribution in [1.82, 2.24) is 14.5 Å². The van der Waals surface area contributed by atoms with Gasteiger partial charge in [-0.1, -0.05) is 146 Å². The van der Waals surface area contributed by atoms with Gasteiger partial charge in [-0.3, -0.25) is 5.32 Å². The van der Waals surface area contributed by atoms with E-state index in [-0.39, 0.29) is 12.3 Å². The third-order valence-electron chi connectivity index (χ3n) is 11.8. The van der Waals surface area contributed by atoms with Gasteiger partial charge in [0.05, 0.1) is 38.7 Å². The molecule has 8 aromatic carbocycles. The van der Waals surface area contributed by atoms with Crippen molar-refractivity contribution in [2.75, 3.05) is 5.32 Å². The molecule has 12 rings (SSSR count). The zero-order chi connectivity index (χ0) is 37.5. The molecule has 57 heavy (non-hydrogen) atoms. The van der Waals surface area contributed by atoms with Crippen LogP contribution in [-0.2, 0) is 0 Å². The Balaban J connectivity index is 1.00. The molecule has 0 amide bonds. The quantitative estimate of drug-likeness (QED) is 0.184. The number of nitrogens with one attached hydrogen (secondary N) is 2. The van der Waals surface area contributed by atoms with E-state index in [9.17, 15) is 0 Å². The second-order valence-electron chi connectivity index (χ2n) is 15.0. The number of thiophene rings is 1. The topological polar surface area (TPSA) is 33.9 Å². The molecule has 2 atom stereocenters. The van der Waals surface area contributed by atoms with Crippen molar-refractivity contribution in [2.45, 2.75) is 12.3 Å². The molecule has 0 bridgehead atoms. The highest BCUT2D eigenvalue weighted by atomic mass is 32.1. The average molecular weight is 749 g/mol. The van der Waals surface area contributed by atoms with E-state index in [2.05, 4.69) is 214 Å². The number of para-hydroxylation sites is 2. The summed E-state index contributed by atoms with van der Waals surface area (Å²) in [5, 5.41) is 14.3.